The van der Waals surface area contributed by atoms with Gasteiger partial charge in [-0.1, -0.05) is 24.3 Å². The molecule has 5 nitrogen and oxygen atoms in total. The van der Waals surface area contributed by atoms with Crippen LogP contribution in [0.3, 0.4) is 0 Å². The van der Waals surface area contributed by atoms with Gasteiger partial charge in [0.15, 0.2) is 0 Å². The van der Waals surface area contributed by atoms with Gasteiger partial charge in [0.25, 0.3) is 5.91 Å². The molecule has 8 heteroatoms. The third-order valence-electron chi connectivity index (χ3n) is 5.76. The number of carbonyl (C=O) groups is 1. The van der Waals surface area contributed by atoms with Crippen LogP contribution in [0.2, 0.25) is 0 Å². The smallest absolute Gasteiger partial charge is 0.433 e. The Hall–Kier alpha value is -3.29. The number of fused-ring (bicyclic) bond motifs is 1. The molecule has 1 heterocycles. The number of rotatable bonds is 5. The predicted octanol–water partition coefficient (Wildman–Crippen LogP) is 5.42. The third kappa shape index (κ3) is 4.95. The molecule has 1 fully saturated rings. The van der Waals surface area contributed by atoms with Gasteiger partial charge < -0.3 is 15.4 Å². The molecule has 32 heavy (non-hydrogen) atoms. The summed E-state index contributed by atoms with van der Waals surface area (Å²) in [6.07, 6.45) is -1.56. The van der Waals surface area contributed by atoms with E-state index in [1.165, 1.54) is 0 Å². The zero-order valence-corrected chi connectivity index (χ0v) is 17.6. The van der Waals surface area contributed by atoms with Gasteiger partial charge in [-0.15, -0.1) is 0 Å². The number of carbonyl (C=O) groups excluding carboxylic acids is 1. The summed E-state index contributed by atoms with van der Waals surface area (Å²) >= 11 is 0. The van der Waals surface area contributed by atoms with Crippen LogP contribution in [0, 0.1) is 0 Å². The maximum Gasteiger partial charge on any atom is 0.433 e. The highest BCUT2D eigenvalue weighted by molar-refractivity contribution is 5.94. The second-order valence-electron chi connectivity index (χ2n) is 7.97. The maximum atomic E-state index is 13.3. The largest absolute Gasteiger partial charge is 0.497 e. The van der Waals surface area contributed by atoms with Crippen LogP contribution in [0.25, 0.3) is 10.9 Å². The van der Waals surface area contributed by atoms with Crippen molar-refractivity contribution in [3.05, 3.63) is 65.9 Å². The quantitative estimate of drug-likeness (QED) is 0.553. The summed E-state index contributed by atoms with van der Waals surface area (Å²) in [5, 5.41) is 7.00. The first-order valence-corrected chi connectivity index (χ1v) is 10.5. The van der Waals surface area contributed by atoms with Crippen LogP contribution in [-0.4, -0.2) is 30.1 Å². The number of hydrogen-bond donors (Lipinski definition) is 2. The van der Waals surface area contributed by atoms with Gasteiger partial charge in [0.05, 0.1) is 12.6 Å². The molecule has 0 aliphatic heterocycles. The highest BCUT2D eigenvalue weighted by Gasteiger charge is 2.33. The van der Waals surface area contributed by atoms with E-state index in [9.17, 15) is 18.0 Å². The standard InChI is InChI=1S/C24H24F3N3O2/c1-32-18-6-4-5-15(13-18)23(31)29-17-11-9-16(10-12-17)28-21-14-22(24(25,26)27)30-20-8-3-2-7-19(20)21/h2-8,13-14,16-17H,9-12H2,1H3,(H,28,30)(H,29,31)/t16-,17+. The Labute approximate surface area is 184 Å². The van der Waals surface area contributed by atoms with E-state index < -0.39 is 11.9 Å². The van der Waals surface area contributed by atoms with Crippen LogP contribution in [-0.2, 0) is 6.18 Å². The second kappa shape index (κ2) is 9.06. The van der Waals surface area contributed by atoms with Crippen LogP contribution in [0.5, 0.6) is 5.75 Å². The summed E-state index contributed by atoms with van der Waals surface area (Å²) in [6, 6.07) is 14.9. The van der Waals surface area contributed by atoms with Crippen LogP contribution >= 0.6 is 0 Å². The molecule has 4 rings (SSSR count). The van der Waals surface area contributed by atoms with Crippen LogP contribution < -0.4 is 15.4 Å². The molecule has 0 radical (unpaired) electrons. The highest BCUT2D eigenvalue weighted by Crippen LogP contribution is 2.34. The van der Waals surface area contributed by atoms with E-state index >= 15 is 0 Å². The average molecular weight is 443 g/mol. The van der Waals surface area contributed by atoms with Crippen molar-refractivity contribution in [2.24, 2.45) is 0 Å². The van der Waals surface area contributed by atoms with Gasteiger partial charge in [0.1, 0.15) is 11.4 Å². The Bertz CT molecular complexity index is 1110. The summed E-state index contributed by atoms with van der Waals surface area (Å²) in [5.74, 6) is 0.462. The fourth-order valence-corrected chi connectivity index (χ4v) is 4.08. The highest BCUT2D eigenvalue weighted by atomic mass is 19.4. The van der Waals surface area contributed by atoms with Crippen molar-refractivity contribution < 1.29 is 22.7 Å². The SMILES string of the molecule is COc1cccc(C(=O)N[C@H]2CC[C@@H](Nc3cc(C(F)(F)F)nc4ccccc34)CC2)c1. The van der Waals surface area contributed by atoms with E-state index in [1.807, 2.05) is 0 Å². The fraction of sp³-hybridized carbons (Fsp3) is 0.333. The number of nitrogens with zero attached hydrogens (tertiary/aromatic N) is 1. The van der Waals surface area contributed by atoms with Crippen LogP contribution in [0.4, 0.5) is 18.9 Å². The van der Waals surface area contributed by atoms with E-state index in [-0.39, 0.29) is 18.0 Å². The Morgan fingerprint density at radius 3 is 2.44 bits per heavy atom. The van der Waals surface area contributed by atoms with Gasteiger partial charge in [0.2, 0.25) is 0 Å². The first-order chi connectivity index (χ1) is 15.3. The van der Waals surface area contributed by atoms with E-state index in [1.54, 1.807) is 55.6 Å². The Morgan fingerprint density at radius 2 is 1.72 bits per heavy atom. The number of para-hydroxylation sites is 1. The van der Waals surface area contributed by atoms with E-state index in [0.717, 1.165) is 31.7 Å². The Balaban J connectivity index is 1.41. The van der Waals surface area contributed by atoms with Gasteiger partial charge >= 0.3 is 6.18 Å². The molecule has 1 aliphatic carbocycles. The molecule has 1 saturated carbocycles. The minimum atomic E-state index is -4.51. The minimum absolute atomic E-state index is 0.0201. The lowest BCUT2D eigenvalue weighted by atomic mass is 9.90. The lowest BCUT2D eigenvalue weighted by Gasteiger charge is -2.30. The number of amides is 1. The van der Waals surface area contributed by atoms with E-state index in [4.69, 9.17) is 4.74 Å². The van der Waals surface area contributed by atoms with Gasteiger partial charge in [-0.25, -0.2) is 4.98 Å². The molecular formula is C24H24F3N3O2. The number of anilines is 1. The monoisotopic (exact) mass is 443 g/mol. The first-order valence-electron chi connectivity index (χ1n) is 10.5. The lowest BCUT2D eigenvalue weighted by molar-refractivity contribution is -0.140. The van der Waals surface area contributed by atoms with Crippen molar-refractivity contribution in [1.29, 1.82) is 0 Å². The molecule has 0 bridgehead atoms. The van der Waals surface area contributed by atoms with Crippen molar-refractivity contribution in [2.75, 3.05) is 12.4 Å². The normalized spacial score (nSPS) is 18.9. The summed E-state index contributed by atoms with van der Waals surface area (Å²) in [7, 11) is 1.55. The number of alkyl halides is 3. The van der Waals surface area contributed by atoms with Gasteiger partial charge in [-0.2, -0.15) is 13.2 Å². The predicted molar refractivity (Wildman–Crippen MR) is 117 cm³/mol. The van der Waals surface area contributed by atoms with Crippen LogP contribution in [0.1, 0.15) is 41.7 Å². The molecular weight excluding hydrogens is 419 g/mol. The number of aromatic nitrogens is 1. The number of hydrogen-bond acceptors (Lipinski definition) is 4. The minimum Gasteiger partial charge on any atom is -0.497 e. The average Bonchev–Trinajstić information content (AvgIpc) is 2.79. The fourth-order valence-electron chi connectivity index (χ4n) is 4.08. The molecule has 0 unspecified atom stereocenters. The van der Waals surface area contributed by atoms with E-state index in [2.05, 4.69) is 15.6 Å². The lowest BCUT2D eigenvalue weighted by Crippen LogP contribution is -2.40. The Kier molecular flexibility index (Phi) is 6.21. The van der Waals surface area contributed by atoms with Crippen LogP contribution in [0.15, 0.2) is 54.6 Å². The van der Waals surface area contributed by atoms with Crippen molar-refractivity contribution in [2.45, 2.75) is 43.9 Å². The third-order valence-corrected chi connectivity index (χ3v) is 5.76. The molecule has 168 valence electrons. The molecule has 0 spiro atoms. The zero-order chi connectivity index (χ0) is 22.7. The molecule has 1 amide bonds. The summed E-state index contributed by atoms with van der Waals surface area (Å²) in [6.45, 7) is 0. The Morgan fingerprint density at radius 1 is 1.00 bits per heavy atom. The number of methoxy groups -OCH3 is 1. The zero-order valence-electron chi connectivity index (χ0n) is 17.6. The summed E-state index contributed by atoms with van der Waals surface area (Å²) in [5.41, 5.74) is 0.376. The topological polar surface area (TPSA) is 63.2 Å². The molecule has 3 aromatic rings. The van der Waals surface area contributed by atoms with Crippen molar-refractivity contribution in [3.8, 4) is 5.75 Å². The molecule has 1 aromatic heterocycles. The molecule has 0 saturated heterocycles. The van der Waals surface area contributed by atoms with Crippen molar-refractivity contribution in [1.82, 2.24) is 10.3 Å². The second-order valence-corrected chi connectivity index (χ2v) is 7.97. The van der Waals surface area contributed by atoms with E-state index in [0.29, 0.717) is 27.9 Å². The molecule has 2 N–H and O–H groups in total. The number of benzene rings is 2. The molecule has 2 aromatic carbocycles. The summed E-state index contributed by atoms with van der Waals surface area (Å²) < 4.78 is 45.1. The number of nitrogens with one attached hydrogen (secondary N) is 2. The van der Waals surface area contributed by atoms with Gasteiger partial charge in [-0.05, 0) is 56.0 Å². The molecule has 0 atom stereocenters. The number of pyridine rings is 1. The number of halogens is 3. The van der Waals surface area contributed by atoms with Crippen molar-refractivity contribution in [3.63, 3.8) is 0 Å². The molecule has 1 aliphatic rings. The maximum absolute atomic E-state index is 13.3. The first kappa shape index (κ1) is 21.9. The van der Waals surface area contributed by atoms with Gasteiger partial charge in [0, 0.05) is 28.7 Å². The summed E-state index contributed by atoms with van der Waals surface area (Å²) in [4.78, 5) is 16.3. The van der Waals surface area contributed by atoms with Gasteiger partial charge in [-0.3, -0.25) is 4.79 Å². The van der Waals surface area contributed by atoms with Crippen molar-refractivity contribution >= 4 is 22.5 Å². The number of ether oxygens (including phenoxy) is 1.